The summed E-state index contributed by atoms with van der Waals surface area (Å²) in [6, 6.07) is 9.76. The highest BCUT2D eigenvalue weighted by molar-refractivity contribution is 5.79. The largest absolute Gasteiger partial charge is 0.340 e. The summed E-state index contributed by atoms with van der Waals surface area (Å²) < 4.78 is 0. The molecule has 0 spiro atoms. The maximum Gasteiger partial charge on any atom is 0.227 e. The van der Waals surface area contributed by atoms with E-state index in [4.69, 9.17) is 5.26 Å². The Hall–Kier alpha value is -1.86. The predicted octanol–water partition coefficient (Wildman–Crippen LogP) is 2.04. The van der Waals surface area contributed by atoms with Crippen molar-refractivity contribution < 1.29 is 4.79 Å². The Labute approximate surface area is 127 Å². The van der Waals surface area contributed by atoms with Crippen molar-refractivity contribution in [3.05, 3.63) is 35.4 Å². The summed E-state index contributed by atoms with van der Waals surface area (Å²) in [5, 5.41) is 8.80. The summed E-state index contributed by atoms with van der Waals surface area (Å²) in [6.07, 6.45) is 2.54. The number of nitrogens with zero attached hydrogens (tertiary/aromatic N) is 3. The Morgan fingerprint density at radius 2 is 1.95 bits per heavy atom. The van der Waals surface area contributed by atoms with Gasteiger partial charge in [0.1, 0.15) is 0 Å². The standard InChI is InChI=1S/C17H23N3O/c1-3-20(16-8-10-19(2)11-9-16)17(21)12-14-4-6-15(13-18)7-5-14/h4-7,16H,3,8-12H2,1-2H3. The average Bonchev–Trinajstić information content (AvgIpc) is 2.50. The molecule has 1 fully saturated rings. The van der Waals surface area contributed by atoms with Gasteiger partial charge in [0.2, 0.25) is 5.91 Å². The van der Waals surface area contributed by atoms with E-state index in [-0.39, 0.29) is 5.91 Å². The van der Waals surface area contributed by atoms with Gasteiger partial charge in [-0.3, -0.25) is 4.79 Å². The van der Waals surface area contributed by atoms with Crippen LogP contribution in [-0.4, -0.2) is 48.4 Å². The topological polar surface area (TPSA) is 47.3 Å². The molecule has 0 aromatic heterocycles. The van der Waals surface area contributed by atoms with E-state index in [1.807, 2.05) is 17.0 Å². The lowest BCUT2D eigenvalue weighted by atomic mass is 10.0. The number of likely N-dealkylation sites (tertiary alicyclic amines) is 1. The van der Waals surface area contributed by atoms with E-state index >= 15 is 0 Å². The minimum absolute atomic E-state index is 0.191. The molecular formula is C17H23N3O. The van der Waals surface area contributed by atoms with Crippen molar-refractivity contribution in [2.45, 2.75) is 32.2 Å². The van der Waals surface area contributed by atoms with Crippen molar-refractivity contribution in [2.75, 3.05) is 26.7 Å². The van der Waals surface area contributed by atoms with E-state index in [9.17, 15) is 4.79 Å². The molecule has 1 aromatic carbocycles. The van der Waals surface area contributed by atoms with E-state index in [0.717, 1.165) is 38.0 Å². The zero-order valence-electron chi connectivity index (χ0n) is 12.9. The number of likely N-dealkylation sites (N-methyl/N-ethyl adjacent to an activating group) is 1. The second-order valence-corrected chi connectivity index (χ2v) is 5.70. The number of nitriles is 1. The molecule has 1 aromatic rings. The van der Waals surface area contributed by atoms with E-state index < -0.39 is 0 Å². The SMILES string of the molecule is CCN(C(=O)Cc1ccc(C#N)cc1)C1CCN(C)CC1. The van der Waals surface area contributed by atoms with Crippen molar-refractivity contribution in [3.63, 3.8) is 0 Å². The molecule has 1 amide bonds. The fourth-order valence-corrected chi connectivity index (χ4v) is 2.92. The fraction of sp³-hybridized carbons (Fsp3) is 0.529. The van der Waals surface area contributed by atoms with Gasteiger partial charge in [-0.05, 0) is 57.6 Å². The number of piperidine rings is 1. The van der Waals surface area contributed by atoms with Crippen LogP contribution in [0.15, 0.2) is 24.3 Å². The smallest absolute Gasteiger partial charge is 0.227 e. The molecule has 2 rings (SSSR count). The Kier molecular flexibility index (Phi) is 5.35. The molecule has 0 saturated carbocycles. The second kappa shape index (κ2) is 7.24. The highest BCUT2D eigenvalue weighted by Gasteiger charge is 2.25. The lowest BCUT2D eigenvalue weighted by molar-refractivity contribution is -0.133. The number of hydrogen-bond acceptors (Lipinski definition) is 3. The zero-order valence-corrected chi connectivity index (χ0v) is 12.9. The van der Waals surface area contributed by atoms with Crippen molar-refractivity contribution >= 4 is 5.91 Å². The second-order valence-electron chi connectivity index (χ2n) is 5.70. The van der Waals surface area contributed by atoms with Gasteiger partial charge >= 0.3 is 0 Å². The number of benzene rings is 1. The molecular weight excluding hydrogens is 262 g/mol. The fourth-order valence-electron chi connectivity index (χ4n) is 2.92. The summed E-state index contributed by atoms with van der Waals surface area (Å²) >= 11 is 0. The van der Waals surface area contributed by atoms with Crippen LogP contribution in [0.2, 0.25) is 0 Å². The molecule has 1 heterocycles. The molecule has 0 N–H and O–H groups in total. The van der Waals surface area contributed by atoms with E-state index in [0.29, 0.717) is 18.0 Å². The van der Waals surface area contributed by atoms with Crippen LogP contribution < -0.4 is 0 Å². The summed E-state index contributed by atoms with van der Waals surface area (Å²) in [5.74, 6) is 0.191. The predicted molar refractivity (Wildman–Crippen MR) is 82.8 cm³/mol. The molecule has 4 nitrogen and oxygen atoms in total. The summed E-state index contributed by atoms with van der Waals surface area (Å²) in [6.45, 7) is 4.94. The monoisotopic (exact) mass is 285 g/mol. The van der Waals surface area contributed by atoms with Gasteiger partial charge in [-0.15, -0.1) is 0 Å². The number of hydrogen-bond donors (Lipinski definition) is 0. The van der Waals surface area contributed by atoms with E-state index in [1.165, 1.54) is 0 Å². The Balaban J connectivity index is 1.97. The van der Waals surface area contributed by atoms with Crippen LogP contribution >= 0.6 is 0 Å². The lowest BCUT2D eigenvalue weighted by Crippen LogP contribution is -2.46. The van der Waals surface area contributed by atoms with Gasteiger partial charge in [0.05, 0.1) is 18.1 Å². The van der Waals surface area contributed by atoms with Crippen LogP contribution in [0.1, 0.15) is 30.9 Å². The van der Waals surface area contributed by atoms with Gasteiger partial charge in [0, 0.05) is 12.6 Å². The van der Waals surface area contributed by atoms with Crippen molar-refractivity contribution in [3.8, 4) is 6.07 Å². The first-order valence-corrected chi connectivity index (χ1v) is 7.61. The van der Waals surface area contributed by atoms with Gasteiger partial charge in [-0.2, -0.15) is 5.26 Å². The van der Waals surface area contributed by atoms with Crippen molar-refractivity contribution in [1.29, 1.82) is 5.26 Å². The van der Waals surface area contributed by atoms with E-state index in [1.54, 1.807) is 12.1 Å². The normalized spacial score (nSPS) is 16.4. The first-order valence-electron chi connectivity index (χ1n) is 7.61. The number of carbonyl (C=O) groups is 1. The van der Waals surface area contributed by atoms with Gasteiger partial charge in [-0.25, -0.2) is 0 Å². The van der Waals surface area contributed by atoms with Crippen LogP contribution in [0.25, 0.3) is 0 Å². The van der Waals surface area contributed by atoms with Crippen molar-refractivity contribution in [2.24, 2.45) is 0 Å². The number of amides is 1. The minimum atomic E-state index is 0.191. The molecule has 0 atom stereocenters. The first kappa shape index (κ1) is 15.5. The summed E-state index contributed by atoms with van der Waals surface area (Å²) in [4.78, 5) is 16.9. The molecule has 0 bridgehead atoms. The van der Waals surface area contributed by atoms with Crippen LogP contribution in [0.3, 0.4) is 0 Å². The first-order chi connectivity index (χ1) is 10.1. The van der Waals surface area contributed by atoms with E-state index in [2.05, 4.69) is 24.9 Å². The molecule has 1 aliphatic rings. The quantitative estimate of drug-likeness (QED) is 0.850. The highest BCUT2D eigenvalue weighted by atomic mass is 16.2. The van der Waals surface area contributed by atoms with Crippen LogP contribution in [0, 0.1) is 11.3 Å². The minimum Gasteiger partial charge on any atom is -0.340 e. The number of rotatable bonds is 4. The zero-order chi connectivity index (χ0) is 15.2. The third-order valence-electron chi connectivity index (χ3n) is 4.23. The molecule has 4 heteroatoms. The highest BCUT2D eigenvalue weighted by Crippen LogP contribution is 2.17. The third kappa shape index (κ3) is 4.05. The van der Waals surface area contributed by atoms with Gasteiger partial charge < -0.3 is 9.80 Å². The third-order valence-corrected chi connectivity index (χ3v) is 4.23. The summed E-state index contributed by atoms with van der Waals surface area (Å²) in [5.41, 5.74) is 1.61. The van der Waals surface area contributed by atoms with Crippen LogP contribution in [0.4, 0.5) is 0 Å². The Bertz CT molecular complexity index is 510. The van der Waals surface area contributed by atoms with Gasteiger partial charge in [0.25, 0.3) is 0 Å². The van der Waals surface area contributed by atoms with Crippen LogP contribution in [-0.2, 0) is 11.2 Å². The van der Waals surface area contributed by atoms with Gasteiger partial charge in [-0.1, -0.05) is 12.1 Å². The maximum absolute atomic E-state index is 12.5. The average molecular weight is 285 g/mol. The molecule has 0 radical (unpaired) electrons. The maximum atomic E-state index is 12.5. The molecule has 0 unspecified atom stereocenters. The van der Waals surface area contributed by atoms with Gasteiger partial charge in [0.15, 0.2) is 0 Å². The van der Waals surface area contributed by atoms with Crippen molar-refractivity contribution in [1.82, 2.24) is 9.80 Å². The lowest BCUT2D eigenvalue weighted by Gasteiger charge is -2.37. The summed E-state index contributed by atoms with van der Waals surface area (Å²) in [7, 11) is 2.13. The molecule has 1 saturated heterocycles. The molecule has 1 aliphatic heterocycles. The molecule has 0 aliphatic carbocycles. The van der Waals surface area contributed by atoms with Crippen LogP contribution in [0.5, 0.6) is 0 Å². The molecule has 112 valence electrons. The Morgan fingerprint density at radius 1 is 1.33 bits per heavy atom. The molecule has 21 heavy (non-hydrogen) atoms. The Morgan fingerprint density at radius 3 is 2.48 bits per heavy atom. The number of carbonyl (C=O) groups excluding carboxylic acids is 1.